The zero-order valence-corrected chi connectivity index (χ0v) is 17.2. The lowest BCUT2D eigenvalue weighted by Crippen LogP contribution is -2.25. The minimum absolute atomic E-state index is 0.0583. The summed E-state index contributed by atoms with van der Waals surface area (Å²) in [6, 6.07) is 11.4. The molecule has 1 saturated heterocycles. The molecule has 0 radical (unpaired) electrons. The smallest absolute Gasteiger partial charge is 0.252 e. The van der Waals surface area contributed by atoms with Crippen LogP contribution < -0.4 is 15.8 Å². The number of pyridine rings is 1. The third-order valence-electron chi connectivity index (χ3n) is 5.63. The van der Waals surface area contributed by atoms with E-state index in [1.807, 2.05) is 49.1 Å². The van der Waals surface area contributed by atoms with E-state index in [0.29, 0.717) is 31.2 Å². The topological polar surface area (TPSA) is 91.0 Å². The van der Waals surface area contributed by atoms with Gasteiger partial charge in [0, 0.05) is 49.6 Å². The molecule has 1 aromatic carbocycles. The SMILES string of the molecule is Cc1cccc(N2C[C@H](c3cc(=O)[nH]c(NCCc4ccncc4)n3)CC2=O)c1C. The van der Waals surface area contributed by atoms with Crippen molar-refractivity contribution in [1.29, 1.82) is 0 Å². The quantitative estimate of drug-likeness (QED) is 0.660. The first kappa shape index (κ1) is 19.8. The van der Waals surface area contributed by atoms with Crippen molar-refractivity contribution >= 4 is 17.5 Å². The molecule has 0 bridgehead atoms. The van der Waals surface area contributed by atoms with Gasteiger partial charge in [-0.3, -0.25) is 19.6 Å². The van der Waals surface area contributed by atoms with Crippen molar-refractivity contribution in [2.45, 2.75) is 32.6 Å². The molecule has 0 aliphatic carbocycles. The van der Waals surface area contributed by atoms with Gasteiger partial charge in [-0.1, -0.05) is 12.1 Å². The number of nitrogens with zero attached hydrogens (tertiary/aromatic N) is 3. The van der Waals surface area contributed by atoms with Crippen molar-refractivity contribution in [3.05, 3.63) is 81.5 Å². The number of carbonyl (C=O) groups is 1. The van der Waals surface area contributed by atoms with Crippen LogP contribution in [0.25, 0.3) is 0 Å². The molecule has 0 saturated carbocycles. The van der Waals surface area contributed by atoms with Gasteiger partial charge in [0.15, 0.2) is 0 Å². The molecule has 30 heavy (non-hydrogen) atoms. The molecule has 0 spiro atoms. The number of carbonyl (C=O) groups excluding carboxylic acids is 1. The number of anilines is 2. The number of aromatic amines is 1. The first-order valence-corrected chi connectivity index (χ1v) is 10.1. The molecule has 1 aliphatic rings. The lowest BCUT2D eigenvalue weighted by atomic mass is 10.0. The fourth-order valence-corrected chi connectivity index (χ4v) is 3.81. The second-order valence-electron chi connectivity index (χ2n) is 7.68. The van der Waals surface area contributed by atoms with Gasteiger partial charge in [-0.25, -0.2) is 4.98 Å². The second kappa shape index (κ2) is 8.49. The average Bonchev–Trinajstić information content (AvgIpc) is 3.12. The van der Waals surface area contributed by atoms with E-state index in [9.17, 15) is 9.59 Å². The first-order valence-electron chi connectivity index (χ1n) is 10.1. The van der Waals surface area contributed by atoms with Gasteiger partial charge in [0.25, 0.3) is 5.56 Å². The Morgan fingerprint density at radius 1 is 1.17 bits per heavy atom. The van der Waals surface area contributed by atoms with Crippen LogP contribution in [0.4, 0.5) is 11.6 Å². The summed E-state index contributed by atoms with van der Waals surface area (Å²) in [5.74, 6) is 0.382. The molecule has 1 aliphatic heterocycles. The van der Waals surface area contributed by atoms with Gasteiger partial charge in [0.1, 0.15) is 0 Å². The summed E-state index contributed by atoms with van der Waals surface area (Å²) in [6.45, 7) is 5.23. The fourth-order valence-electron chi connectivity index (χ4n) is 3.81. The van der Waals surface area contributed by atoms with Gasteiger partial charge in [-0.15, -0.1) is 0 Å². The highest BCUT2D eigenvalue weighted by Gasteiger charge is 2.33. The van der Waals surface area contributed by atoms with Gasteiger partial charge in [-0.05, 0) is 55.2 Å². The summed E-state index contributed by atoms with van der Waals surface area (Å²) in [5, 5.41) is 3.18. The van der Waals surface area contributed by atoms with E-state index in [2.05, 4.69) is 20.3 Å². The molecule has 154 valence electrons. The number of aryl methyl sites for hydroxylation is 1. The molecule has 7 heteroatoms. The number of nitrogens with one attached hydrogen (secondary N) is 2. The maximum absolute atomic E-state index is 12.7. The lowest BCUT2D eigenvalue weighted by molar-refractivity contribution is -0.117. The molecular formula is C23H25N5O2. The van der Waals surface area contributed by atoms with Crippen molar-refractivity contribution in [2.24, 2.45) is 0 Å². The van der Waals surface area contributed by atoms with Gasteiger partial charge >= 0.3 is 0 Å². The number of H-pyrrole nitrogens is 1. The number of rotatable bonds is 6. The summed E-state index contributed by atoms with van der Waals surface area (Å²) >= 11 is 0. The molecule has 1 atom stereocenters. The van der Waals surface area contributed by atoms with Crippen molar-refractivity contribution in [3.8, 4) is 0 Å². The molecule has 3 heterocycles. The van der Waals surface area contributed by atoms with E-state index >= 15 is 0 Å². The normalized spacial score (nSPS) is 16.1. The summed E-state index contributed by atoms with van der Waals surface area (Å²) in [6.07, 6.45) is 4.66. The Morgan fingerprint density at radius 3 is 2.77 bits per heavy atom. The van der Waals surface area contributed by atoms with Crippen molar-refractivity contribution in [3.63, 3.8) is 0 Å². The van der Waals surface area contributed by atoms with E-state index < -0.39 is 0 Å². The number of amides is 1. The van der Waals surface area contributed by atoms with Crippen molar-refractivity contribution < 1.29 is 4.79 Å². The summed E-state index contributed by atoms with van der Waals surface area (Å²) < 4.78 is 0. The Morgan fingerprint density at radius 2 is 1.97 bits per heavy atom. The Labute approximate surface area is 175 Å². The van der Waals surface area contributed by atoms with E-state index in [1.165, 1.54) is 6.07 Å². The van der Waals surface area contributed by atoms with Gasteiger partial charge in [0.2, 0.25) is 11.9 Å². The second-order valence-corrected chi connectivity index (χ2v) is 7.68. The van der Waals surface area contributed by atoms with Crippen LogP contribution in [0.3, 0.4) is 0 Å². The lowest BCUT2D eigenvalue weighted by Gasteiger charge is -2.20. The minimum atomic E-state index is -0.218. The first-order chi connectivity index (χ1) is 14.5. The molecule has 3 aromatic rings. The molecule has 1 fully saturated rings. The summed E-state index contributed by atoms with van der Waals surface area (Å²) in [5.41, 5.74) is 4.77. The maximum Gasteiger partial charge on any atom is 0.252 e. The van der Waals surface area contributed by atoms with Gasteiger partial charge < -0.3 is 10.2 Å². The van der Waals surface area contributed by atoms with Crippen LogP contribution >= 0.6 is 0 Å². The Kier molecular flexibility index (Phi) is 5.61. The molecule has 7 nitrogen and oxygen atoms in total. The third-order valence-corrected chi connectivity index (χ3v) is 5.63. The van der Waals surface area contributed by atoms with E-state index in [1.54, 1.807) is 12.4 Å². The van der Waals surface area contributed by atoms with E-state index in [-0.39, 0.29) is 17.4 Å². The molecule has 0 unspecified atom stereocenters. The number of hydrogen-bond acceptors (Lipinski definition) is 5. The highest BCUT2D eigenvalue weighted by molar-refractivity contribution is 5.97. The van der Waals surface area contributed by atoms with E-state index in [4.69, 9.17) is 0 Å². The monoisotopic (exact) mass is 403 g/mol. The van der Waals surface area contributed by atoms with Gasteiger partial charge in [-0.2, -0.15) is 0 Å². The van der Waals surface area contributed by atoms with Crippen molar-refractivity contribution in [1.82, 2.24) is 15.0 Å². The van der Waals surface area contributed by atoms with Crippen LogP contribution in [0.5, 0.6) is 0 Å². The number of aromatic nitrogens is 3. The molecule has 4 rings (SSSR count). The highest BCUT2D eigenvalue weighted by Crippen LogP contribution is 2.33. The predicted octanol–water partition coefficient (Wildman–Crippen LogP) is 2.96. The minimum Gasteiger partial charge on any atom is -0.355 e. The van der Waals surface area contributed by atoms with Gasteiger partial charge in [0.05, 0.1) is 5.69 Å². The zero-order chi connectivity index (χ0) is 21.1. The Hall–Kier alpha value is -3.48. The van der Waals surface area contributed by atoms with Crippen LogP contribution in [-0.2, 0) is 11.2 Å². The third kappa shape index (κ3) is 4.25. The zero-order valence-electron chi connectivity index (χ0n) is 17.2. The summed E-state index contributed by atoms with van der Waals surface area (Å²) in [7, 11) is 0. The standard InChI is InChI=1S/C23H25N5O2/c1-15-4-3-5-20(16(15)2)28-14-18(12-22(28)30)19-13-21(29)27-23(26-19)25-11-8-17-6-9-24-10-7-17/h3-7,9-10,13,18H,8,11-12,14H2,1-2H3,(H2,25,26,27,29)/t18-/m1/s1. The van der Waals surface area contributed by atoms with E-state index in [0.717, 1.165) is 28.8 Å². The molecule has 2 aromatic heterocycles. The van der Waals surface area contributed by atoms with Crippen molar-refractivity contribution in [2.75, 3.05) is 23.3 Å². The van der Waals surface area contributed by atoms with Crippen LogP contribution in [0.1, 0.15) is 34.7 Å². The molecular weight excluding hydrogens is 378 g/mol. The Bertz CT molecular complexity index is 1110. The van der Waals surface area contributed by atoms with Crippen LogP contribution in [-0.4, -0.2) is 33.9 Å². The Balaban J connectivity index is 1.48. The van der Waals surface area contributed by atoms with Crippen LogP contribution in [0, 0.1) is 13.8 Å². The average molecular weight is 403 g/mol. The van der Waals surface area contributed by atoms with Crippen LogP contribution in [0.2, 0.25) is 0 Å². The van der Waals surface area contributed by atoms with Crippen LogP contribution in [0.15, 0.2) is 53.6 Å². The highest BCUT2D eigenvalue weighted by atomic mass is 16.2. The number of hydrogen-bond donors (Lipinski definition) is 2. The summed E-state index contributed by atoms with van der Waals surface area (Å²) in [4.78, 5) is 38.1. The maximum atomic E-state index is 12.7. The molecule has 2 N–H and O–H groups in total. The predicted molar refractivity (Wildman–Crippen MR) is 117 cm³/mol. The molecule has 1 amide bonds. The fraction of sp³-hybridized carbons (Fsp3) is 0.304. The number of benzene rings is 1. The largest absolute Gasteiger partial charge is 0.355 e.